The highest BCUT2D eigenvalue weighted by molar-refractivity contribution is 6.53. The van der Waals surface area contributed by atoms with Crippen LogP contribution in [0.15, 0.2) is 9.98 Å². The Labute approximate surface area is 42.0 Å². The van der Waals surface area contributed by atoms with Crippen molar-refractivity contribution in [3.05, 3.63) is 0 Å². The molecule has 0 saturated carbocycles. The lowest BCUT2D eigenvalue weighted by atomic mass is 10.3. The largest absolute Gasteiger partial charge is 0.279 e. The molecule has 0 radical (unpaired) electrons. The van der Waals surface area contributed by atoms with E-state index in [1.807, 2.05) is 0 Å². The fourth-order valence-corrected chi connectivity index (χ4v) is 0.689. The van der Waals surface area contributed by atoms with E-state index in [1.54, 1.807) is 0 Å². The van der Waals surface area contributed by atoms with Crippen molar-refractivity contribution in [2.75, 3.05) is 6.54 Å². The van der Waals surface area contributed by atoms with Crippen LogP contribution in [0.25, 0.3) is 0 Å². The van der Waals surface area contributed by atoms with E-state index in [-0.39, 0.29) is 0 Å². The minimum absolute atomic E-state index is 0.515. The van der Waals surface area contributed by atoms with E-state index in [4.69, 9.17) is 0 Å². The zero-order chi connectivity index (χ0) is 4.85. The van der Waals surface area contributed by atoms with Gasteiger partial charge in [0.15, 0.2) is 0 Å². The highest BCUT2D eigenvalue weighted by Gasteiger charge is 2.31. The van der Waals surface area contributed by atoms with Gasteiger partial charge in [-0.05, 0) is 6.92 Å². The first-order chi connectivity index (χ1) is 3.38. The van der Waals surface area contributed by atoms with Crippen molar-refractivity contribution in [2.24, 2.45) is 9.98 Å². The van der Waals surface area contributed by atoms with Crippen molar-refractivity contribution in [2.45, 2.75) is 13.0 Å². The van der Waals surface area contributed by atoms with E-state index < -0.39 is 0 Å². The van der Waals surface area contributed by atoms with Crippen LogP contribution in [0.5, 0.6) is 0 Å². The van der Waals surface area contributed by atoms with Crippen LogP contribution in [0.2, 0.25) is 0 Å². The van der Waals surface area contributed by atoms with Crippen molar-refractivity contribution >= 4 is 11.4 Å². The van der Waals surface area contributed by atoms with Crippen molar-refractivity contribution in [3.63, 3.8) is 0 Å². The molecular formula is C5H6N2. The Morgan fingerprint density at radius 1 is 1.71 bits per heavy atom. The van der Waals surface area contributed by atoms with E-state index in [2.05, 4.69) is 16.9 Å². The summed E-state index contributed by atoms with van der Waals surface area (Å²) in [5, 5.41) is 0. The van der Waals surface area contributed by atoms with Gasteiger partial charge in [0, 0.05) is 0 Å². The molecule has 0 fully saturated rings. The molecule has 7 heavy (non-hydrogen) atoms. The monoisotopic (exact) mass is 94.1 g/mol. The lowest BCUT2D eigenvalue weighted by molar-refractivity contribution is 1.15. The third kappa shape index (κ3) is 0.391. The van der Waals surface area contributed by atoms with Crippen LogP contribution in [0.1, 0.15) is 6.92 Å². The number of hydrogen-bond acceptors (Lipinski definition) is 2. The summed E-state index contributed by atoms with van der Waals surface area (Å²) in [7, 11) is 0. The Balaban J connectivity index is 2.12. The third-order valence-corrected chi connectivity index (χ3v) is 1.27. The van der Waals surface area contributed by atoms with E-state index in [0.717, 1.165) is 6.54 Å². The molecule has 0 saturated heterocycles. The molecule has 0 spiro atoms. The summed E-state index contributed by atoms with van der Waals surface area (Å²) in [5.41, 5.74) is 2.49. The lowest BCUT2D eigenvalue weighted by Gasteiger charge is -1.68. The Bertz CT molecular complexity index is 167. The summed E-state index contributed by atoms with van der Waals surface area (Å²) in [5.74, 6) is 0. The van der Waals surface area contributed by atoms with Crippen LogP contribution in [0.4, 0.5) is 0 Å². The first kappa shape index (κ1) is 3.36. The SMILES string of the molecule is CC1N=C1C1=NC1. The predicted octanol–water partition coefficient (Wildman–Crippen LogP) is 0.284. The first-order valence-electron chi connectivity index (χ1n) is 2.49. The Morgan fingerprint density at radius 3 is 2.43 bits per heavy atom. The Hall–Kier alpha value is -0.660. The quantitative estimate of drug-likeness (QED) is 0.446. The summed E-state index contributed by atoms with van der Waals surface area (Å²) in [4.78, 5) is 8.10. The Morgan fingerprint density at radius 2 is 2.29 bits per heavy atom. The predicted molar refractivity (Wildman–Crippen MR) is 29.2 cm³/mol. The van der Waals surface area contributed by atoms with Crippen LogP contribution in [0, 0.1) is 0 Å². The second kappa shape index (κ2) is 0.782. The van der Waals surface area contributed by atoms with Gasteiger partial charge >= 0.3 is 0 Å². The lowest BCUT2D eigenvalue weighted by Crippen LogP contribution is -1.96. The molecule has 0 N–H and O–H groups in total. The molecule has 0 aromatic carbocycles. The van der Waals surface area contributed by atoms with E-state index in [0.29, 0.717) is 6.04 Å². The summed E-state index contributed by atoms with van der Waals surface area (Å²) in [6.45, 7) is 3.05. The smallest absolute Gasteiger partial charge is 0.0911 e. The fourth-order valence-electron chi connectivity index (χ4n) is 0.689. The molecule has 0 amide bonds. The topological polar surface area (TPSA) is 24.7 Å². The molecule has 2 nitrogen and oxygen atoms in total. The first-order valence-corrected chi connectivity index (χ1v) is 2.49. The average molecular weight is 94.1 g/mol. The molecule has 2 rings (SSSR count). The summed E-state index contributed by atoms with van der Waals surface area (Å²) >= 11 is 0. The third-order valence-electron chi connectivity index (χ3n) is 1.27. The highest BCUT2D eigenvalue weighted by Crippen LogP contribution is 2.16. The molecule has 0 aromatic rings. The number of rotatable bonds is 1. The number of aliphatic imine (C=N–C) groups is 2. The summed E-state index contributed by atoms with van der Waals surface area (Å²) in [6, 6.07) is 0.515. The van der Waals surface area contributed by atoms with E-state index >= 15 is 0 Å². The summed E-state index contributed by atoms with van der Waals surface area (Å²) in [6.07, 6.45) is 0. The average Bonchev–Trinajstić information content (AvgIpc) is 2.23. The van der Waals surface area contributed by atoms with Gasteiger partial charge in [0.05, 0.1) is 24.0 Å². The molecule has 0 bridgehead atoms. The molecule has 0 aliphatic carbocycles. The summed E-state index contributed by atoms with van der Waals surface area (Å²) < 4.78 is 0. The van der Waals surface area contributed by atoms with Crippen LogP contribution >= 0.6 is 0 Å². The molecule has 2 heteroatoms. The van der Waals surface area contributed by atoms with Gasteiger partial charge in [-0.1, -0.05) is 0 Å². The molecule has 2 heterocycles. The van der Waals surface area contributed by atoms with Crippen LogP contribution in [-0.2, 0) is 0 Å². The van der Waals surface area contributed by atoms with Gasteiger partial charge < -0.3 is 0 Å². The van der Waals surface area contributed by atoms with Crippen LogP contribution < -0.4 is 0 Å². The molecule has 36 valence electrons. The molecule has 1 unspecified atom stereocenters. The van der Waals surface area contributed by atoms with Gasteiger partial charge in [-0.3, -0.25) is 9.98 Å². The second-order valence-electron chi connectivity index (χ2n) is 1.95. The zero-order valence-electron chi connectivity index (χ0n) is 4.18. The van der Waals surface area contributed by atoms with Gasteiger partial charge in [-0.15, -0.1) is 0 Å². The van der Waals surface area contributed by atoms with Crippen molar-refractivity contribution < 1.29 is 0 Å². The number of hydrogen-bond donors (Lipinski definition) is 0. The van der Waals surface area contributed by atoms with E-state index in [1.165, 1.54) is 11.4 Å². The molecular weight excluding hydrogens is 88.1 g/mol. The van der Waals surface area contributed by atoms with Crippen LogP contribution in [0.3, 0.4) is 0 Å². The van der Waals surface area contributed by atoms with Crippen molar-refractivity contribution in [3.8, 4) is 0 Å². The van der Waals surface area contributed by atoms with Gasteiger partial charge in [0.25, 0.3) is 0 Å². The van der Waals surface area contributed by atoms with Crippen LogP contribution in [-0.4, -0.2) is 24.0 Å². The van der Waals surface area contributed by atoms with Crippen molar-refractivity contribution in [1.82, 2.24) is 0 Å². The van der Waals surface area contributed by atoms with Gasteiger partial charge in [0.2, 0.25) is 0 Å². The molecule has 1 atom stereocenters. The minimum Gasteiger partial charge on any atom is -0.279 e. The van der Waals surface area contributed by atoms with Gasteiger partial charge in [0.1, 0.15) is 0 Å². The number of nitrogens with zero attached hydrogens (tertiary/aromatic N) is 2. The highest BCUT2D eigenvalue weighted by atomic mass is 15.0. The fraction of sp³-hybridized carbons (Fsp3) is 0.600. The zero-order valence-corrected chi connectivity index (χ0v) is 4.18. The molecule has 2 aliphatic heterocycles. The normalized spacial score (nSPS) is 34.1. The minimum atomic E-state index is 0.515. The maximum Gasteiger partial charge on any atom is 0.0911 e. The molecule has 2 aliphatic rings. The Kier molecular flexibility index (Phi) is 0.375. The maximum atomic E-state index is 4.10. The molecule has 0 aromatic heterocycles. The second-order valence-corrected chi connectivity index (χ2v) is 1.95. The standard InChI is InChI=1S/C5H6N2/c1-3-5(7-3)4-2-6-4/h3H,2H2,1H3. The van der Waals surface area contributed by atoms with Crippen molar-refractivity contribution in [1.29, 1.82) is 0 Å². The van der Waals surface area contributed by atoms with Gasteiger partial charge in [-0.25, -0.2) is 0 Å². The maximum absolute atomic E-state index is 4.10. The van der Waals surface area contributed by atoms with Gasteiger partial charge in [-0.2, -0.15) is 0 Å². The van der Waals surface area contributed by atoms with E-state index in [9.17, 15) is 0 Å².